The van der Waals surface area contributed by atoms with Crippen LogP contribution in [0.2, 0.25) is 5.02 Å². The summed E-state index contributed by atoms with van der Waals surface area (Å²) in [6.07, 6.45) is 2.16. The van der Waals surface area contributed by atoms with Crippen LogP contribution in [0.5, 0.6) is 0 Å². The summed E-state index contributed by atoms with van der Waals surface area (Å²) in [4.78, 5) is 25.2. The minimum absolute atomic E-state index is 0.0885. The molecule has 2 rings (SSSR count). The highest BCUT2D eigenvalue weighted by Gasteiger charge is 2.33. The van der Waals surface area contributed by atoms with E-state index in [1.807, 2.05) is 24.3 Å². The van der Waals surface area contributed by atoms with Gasteiger partial charge < -0.3 is 10.0 Å². The number of carboxylic acid groups (broad SMARTS) is 1. The minimum atomic E-state index is -0.955. The number of rotatable bonds is 7. The van der Waals surface area contributed by atoms with E-state index in [9.17, 15) is 9.59 Å². The van der Waals surface area contributed by atoms with Gasteiger partial charge in [0.25, 0.3) is 0 Å². The smallest absolute Gasteiger partial charge is 0.323 e. The maximum absolute atomic E-state index is 12.1. The molecule has 1 amide bonds. The average molecular weight is 314 g/mol. The van der Waals surface area contributed by atoms with E-state index in [-0.39, 0.29) is 18.5 Å². The number of halogens is 1. The molecule has 4 nitrogen and oxygen atoms in total. The molecule has 0 aliphatic heterocycles. The lowest BCUT2D eigenvalue weighted by atomic mass is 10.3. The summed E-state index contributed by atoms with van der Waals surface area (Å²) >= 11 is 7.55. The van der Waals surface area contributed by atoms with E-state index in [0.29, 0.717) is 17.2 Å². The first-order valence-electron chi connectivity index (χ1n) is 6.46. The SMILES string of the molecule is O=C(O)CN(C(=O)CCSc1ccccc1Cl)C1CC1. The van der Waals surface area contributed by atoms with Crippen LogP contribution in [0.1, 0.15) is 19.3 Å². The summed E-state index contributed by atoms with van der Waals surface area (Å²) in [5.41, 5.74) is 0. The van der Waals surface area contributed by atoms with E-state index in [1.54, 1.807) is 0 Å². The van der Waals surface area contributed by atoms with Crippen molar-refractivity contribution < 1.29 is 14.7 Å². The van der Waals surface area contributed by atoms with Crippen LogP contribution in [0.25, 0.3) is 0 Å². The van der Waals surface area contributed by atoms with Crippen molar-refractivity contribution in [2.75, 3.05) is 12.3 Å². The fraction of sp³-hybridized carbons (Fsp3) is 0.429. The monoisotopic (exact) mass is 313 g/mol. The zero-order valence-electron chi connectivity index (χ0n) is 10.9. The molecule has 0 bridgehead atoms. The molecule has 1 aliphatic carbocycles. The molecule has 0 saturated heterocycles. The number of nitrogens with zero attached hydrogens (tertiary/aromatic N) is 1. The van der Waals surface area contributed by atoms with Gasteiger partial charge in [-0.2, -0.15) is 0 Å². The maximum Gasteiger partial charge on any atom is 0.323 e. The number of carbonyl (C=O) groups excluding carboxylic acids is 1. The highest BCUT2D eigenvalue weighted by atomic mass is 35.5. The van der Waals surface area contributed by atoms with Gasteiger partial charge in [-0.15, -0.1) is 11.8 Å². The number of thioether (sulfide) groups is 1. The van der Waals surface area contributed by atoms with Crippen LogP contribution in [0.4, 0.5) is 0 Å². The number of amides is 1. The van der Waals surface area contributed by atoms with E-state index in [1.165, 1.54) is 16.7 Å². The summed E-state index contributed by atoms with van der Waals surface area (Å²) in [7, 11) is 0. The van der Waals surface area contributed by atoms with Crippen LogP contribution >= 0.6 is 23.4 Å². The second kappa shape index (κ2) is 6.99. The van der Waals surface area contributed by atoms with Crippen LogP contribution in [0.3, 0.4) is 0 Å². The molecule has 1 N–H and O–H groups in total. The topological polar surface area (TPSA) is 57.6 Å². The molecular weight excluding hydrogens is 298 g/mol. The zero-order valence-corrected chi connectivity index (χ0v) is 12.5. The summed E-state index contributed by atoms with van der Waals surface area (Å²) in [5, 5.41) is 9.51. The molecule has 1 fully saturated rings. The van der Waals surface area contributed by atoms with E-state index >= 15 is 0 Å². The molecule has 6 heteroatoms. The predicted octanol–water partition coefficient (Wildman–Crippen LogP) is 2.90. The third-order valence-electron chi connectivity index (χ3n) is 3.02. The van der Waals surface area contributed by atoms with Crippen molar-refractivity contribution in [1.82, 2.24) is 4.90 Å². The Morgan fingerprint density at radius 1 is 1.35 bits per heavy atom. The van der Waals surface area contributed by atoms with Gasteiger partial charge in [0.2, 0.25) is 5.91 Å². The molecule has 0 radical (unpaired) electrons. The summed E-state index contributed by atoms with van der Waals surface area (Å²) in [6, 6.07) is 7.61. The Morgan fingerprint density at radius 3 is 2.65 bits per heavy atom. The van der Waals surface area contributed by atoms with E-state index in [0.717, 1.165) is 17.7 Å². The second-order valence-corrected chi connectivity index (χ2v) is 6.22. The second-order valence-electron chi connectivity index (χ2n) is 4.68. The molecule has 0 heterocycles. The minimum Gasteiger partial charge on any atom is -0.480 e. The highest BCUT2D eigenvalue weighted by molar-refractivity contribution is 7.99. The Morgan fingerprint density at radius 2 is 2.05 bits per heavy atom. The Balaban J connectivity index is 1.82. The Labute approximate surface area is 127 Å². The Bertz CT molecular complexity index is 505. The van der Waals surface area contributed by atoms with Crippen molar-refractivity contribution in [2.24, 2.45) is 0 Å². The fourth-order valence-corrected chi connectivity index (χ4v) is 3.08. The summed E-state index contributed by atoms with van der Waals surface area (Å²) in [5.74, 6) is -0.441. The summed E-state index contributed by atoms with van der Waals surface area (Å²) in [6.45, 7) is -0.194. The van der Waals surface area contributed by atoms with Gasteiger partial charge in [0.1, 0.15) is 6.54 Å². The average Bonchev–Trinajstić information content (AvgIpc) is 3.22. The number of hydrogen-bond donors (Lipinski definition) is 1. The van der Waals surface area contributed by atoms with E-state index in [2.05, 4.69) is 0 Å². The number of aliphatic carboxylic acids is 1. The molecule has 0 unspecified atom stereocenters. The summed E-state index contributed by atoms with van der Waals surface area (Å²) < 4.78 is 0. The predicted molar refractivity (Wildman–Crippen MR) is 79.2 cm³/mol. The normalized spacial score (nSPS) is 14.1. The van der Waals surface area contributed by atoms with Gasteiger partial charge >= 0.3 is 5.97 Å². The zero-order chi connectivity index (χ0) is 14.5. The third kappa shape index (κ3) is 4.42. The first-order chi connectivity index (χ1) is 9.58. The van der Waals surface area contributed by atoms with Gasteiger partial charge in [-0.05, 0) is 25.0 Å². The molecule has 0 atom stereocenters. The molecule has 0 aromatic heterocycles. The fourth-order valence-electron chi connectivity index (χ4n) is 1.91. The molecule has 1 aliphatic rings. The van der Waals surface area contributed by atoms with Gasteiger partial charge in [0.05, 0.1) is 5.02 Å². The van der Waals surface area contributed by atoms with Gasteiger partial charge in [0.15, 0.2) is 0 Å². The van der Waals surface area contributed by atoms with Crippen molar-refractivity contribution in [3.8, 4) is 0 Å². The molecule has 1 aromatic rings. The number of carboxylic acids is 1. The third-order valence-corrected chi connectivity index (χ3v) is 4.54. The van der Waals surface area contributed by atoms with E-state index < -0.39 is 5.97 Å². The number of benzene rings is 1. The van der Waals surface area contributed by atoms with Crippen molar-refractivity contribution in [2.45, 2.75) is 30.2 Å². The molecule has 1 aromatic carbocycles. The van der Waals surface area contributed by atoms with Crippen LogP contribution in [-0.4, -0.2) is 40.2 Å². The van der Waals surface area contributed by atoms with Crippen LogP contribution in [-0.2, 0) is 9.59 Å². The lowest BCUT2D eigenvalue weighted by molar-refractivity contribution is -0.144. The van der Waals surface area contributed by atoms with Crippen LogP contribution in [0.15, 0.2) is 29.2 Å². The van der Waals surface area contributed by atoms with Crippen LogP contribution in [0, 0.1) is 0 Å². The maximum atomic E-state index is 12.1. The Hall–Kier alpha value is -1.20. The lowest BCUT2D eigenvalue weighted by Crippen LogP contribution is -2.37. The van der Waals surface area contributed by atoms with E-state index in [4.69, 9.17) is 16.7 Å². The van der Waals surface area contributed by atoms with Crippen molar-refractivity contribution >= 4 is 35.2 Å². The molecule has 1 saturated carbocycles. The quantitative estimate of drug-likeness (QED) is 0.786. The first kappa shape index (κ1) is 15.2. The molecule has 0 spiro atoms. The van der Waals surface area contributed by atoms with Crippen LogP contribution < -0.4 is 0 Å². The standard InChI is InChI=1S/C14H16ClNO3S/c15-11-3-1-2-4-12(11)20-8-7-13(17)16(9-14(18)19)10-5-6-10/h1-4,10H,5-9H2,(H,18,19). The highest BCUT2D eigenvalue weighted by Crippen LogP contribution is 2.29. The van der Waals surface area contributed by atoms with Crippen molar-refractivity contribution in [3.05, 3.63) is 29.3 Å². The first-order valence-corrected chi connectivity index (χ1v) is 7.83. The molecule has 20 heavy (non-hydrogen) atoms. The largest absolute Gasteiger partial charge is 0.480 e. The molecular formula is C14H16ClNO3S. The van der Waals surface area contributed by atoms with Gasteiger partial charge in [0, 0.05) is 23.1 Å². The number of carbonyl (C=O) groups is 2. The lowest BCUT2D eigenvalue weighted by Gasteiger charge is -2.20. The van der Waals surface area contributed by atoms with Crippen molar-refractivity contribution in [3.63, 3.8) is 0 Å². The molecule has 108 valence electrons. The number of hydrogen-bond acceptors (Lipinski definition) is 3. The van der Waals surface area contributed by atoms with Crippen molar-refractivity contribution in [1.29, 1.82) is 0 Å². The van der Waals surface area contributed by atoms with Gasteiger partial charge in [-0.1, -0.05) is 23.7 Å². The Kier molecular flexibility index (Phi) is 5.31. The van der Waals surface area contributed by atoms with Gasteiger partial charge in [-0.25, -0.2) is 0 Å². The van der Waals surface area contributed by atoms with Gasteiger partial charge in [-0.3, -0.25) is 9.59 Å².